The van der Waals surface area contributed by atoms with Crippen LogP contribution in [-0.4, -0.2) is 263 Å². The molecule has 4 rings (SSSR count). The average molecular weight is 1370 g/mol. The Bertz CT molecular complexity index is 3030. The number of carbonyl (C=O) groups excluding carboxylic acids is 12. The maximum Gasteiger partial charge on any atom is 0.248 e. The lowest BCUT2D eigenvalue weighted by atomic mass is 9.94. The molecule has 98 heavy (non-hydrogen) atoms. The van der Waals surface area contributed by atoms with Gasteiger partial charge in [0.2, 0.25) is 70.9 Å². The lowest BCUT2D eigenvalue weighted by Gasteiger charge is -2.39. The molecule has 12 amide bonds. The molecule has 0 radical (unpaired) electrons. The van der Waals surface area contributed by atoms with Gasteiger partial charge < -0.3 is 65.2 Å². The van der Waals surface area contributed by atoms with Crippen LogP contribution < -0.4 is 16.0 Å². The van der Waals surface area contributed by atoms with Gasteiger partial charge in [-0.15, -0.1) is 0 Å². The second-order valence-electron chi connectivity index (χ2n) is 28.6. The molecule has 0 bridgehead atoms. The van der Waals surface area contributed by atoms with Crippen LogP contribution in [0, 0.1) is 23.7 Å². The van der Waals surface area contributed by atoms with E-state index in [0.29, 0.717) is 43.5 Å². The summed E-state index contributed by atoms with van der Waals surface area (Å²) in [6.07, 6.45) is 1.09. The van der Waals surface area contributed by atoms with E-state index in [1.54, 1.807) is 72.5 Å². The summed E-state index contributed by atoms with van der Waals surface area (Å²) < 4.78 is 0. The first kappa shape index (κ1) is 82.5. The van der Waals surface area contributed by atoms with Crippen molar-refractivity contribution < 1.29 is 62.6 Å². The van der Waals surface area contributed by atoms with Crippen LogP contribution in [0.15, 0.2) is 60.7 Å². The van der Waals surface area contributed by atoms with Crippen molar-refractivity contribution in [1.29, 1.82) is 0 Å². The van der Waals surface area contributed by atoms with E-state index in [4.69, 9.17) is 0 Å². The Morgan fingerprint density at radius 1 is 0.469 bits per heavy atom. The number of likely N-dealkylation sites (N-methyl/N-ethyl adjacent to an activating group) is 7. The number of piperidine rings is 1. The SMILES string of the molecule is CC[C@H](C)[C@H]1C(=O)N[C@H](C(=O)N2CCCCC2)CC(=O)N(C)CCCC(=O)N(C)[C@@H](CC(C)C)C(=O)N[C@@H](C)C(=O)N(C)[C@@H](CC(C)C)C(=O)N(C)[C@@H](Cc2ccccc2)C(=O)N(C)[C@@H](CC(C)C)C(=O)N[C@@H]([C@@H](C)O)C(=O)N(C)[C@@H](C)C(=O)N(C)[C@@H](Cc2ccccc2)C(=O)N1C. The highest BCUT2D eigenvalue weighted by Gasteiger charge is 2.45. The molecule has 2 heterocycles. The fraction of sp³-hybridized carbons (Fsp3) is 0.671. The Balaban J connectivity index is 1.90. The van der Waals surface area contributed by atoms with Crippen LogP contribution in [0.3, 0.4) is 0 Å². The summed E-state index contributed by atoms with van der Waals surface area (Å²) in [5.41, 5.74) is 1.33. The van der Waals surface area contributed by atoms with E-state index in [9.17, 15) is 38.7 Å². The van der Waals surface area contributed by atoms with Gasteiger partial charge >= 0.3 is 0 Å². The number of aliphatic hydroxyl groups is 1. The zero-order valence-electron chi connectivity index (χ0n) is 61.9. The second-order valence-corrected chi connectivity index (χ2v) is 28.6. The number of benzene rings is 2. The summed E-state index contributed by atoms with van der Waals surface area (Å²) in [5.74, 6) is -8.72. The van der Waals surface area contributed by atoms with Crippen LogP contribution >= 0.6 is 0 Å². The molecule has 2 fully saturated rings. The van der Waals surface area contributed by atoms with Crippen LogP contribution in [0.2, 0.25) is 0 Å². The van der Waals surface area contributed by atoms with E-state index < -0.39 is 150 Å². The van der Waals surface area contributed by atoms with Gasteiger partial charge in [0.15, 0.2) is 0 Å². The highest BCUT2D eigenvalue weighted by Crippen LogP contribution is 2.25. The predicted octanol–water partition coefficient (Wildman–Crippen LogP) is 3.98. The summed E-state index contributed by atoms with van der Waals surface area (Å²) in [6.45, 7) is 19.9. The number of hydrogen-bond donors (Lipinski definition) is 4. The number of nitrogens with one attached hydrogen (secondary N) is 3. The van der Waals surface area contributed by atoms with Crippen molar-refractivity contribution in [2.45, 2.75) is 220 Å². The van der Waals surface area contributed by atoms with Gasteiger partial charge in [-0.3, -0.25) is 57.5 Å². The van der Waals surface area contributed by atoms with Crippen LogP contribution in [0.4, 0.5) is 0 Å². The number of hydrogen-bond acceptors (Lipinski definition) is 13. The molecule has 2 aromatic rings. The molecule has 2 aromatic carbocycles. The minimum Gasteiger partial charge on any atom is -0.391 e. The molecular weight excluding hydrogens is 1250 g/mol. The summed E-state index contributed by atoms with van der Waals surface area (Å²) in [4.78, 5) is 189. The van der Waals surface area contributed by atoms with E-state index >= 15 is 24.0 Å². The van der Waals surface area contributed by atoms with Crippen LogP contribution in [-0.2, 0) is 70.4 Å². The van der Waals surface area contributed by atoms with Gasteiger partial charge in [0.25, 0.3) is 0 Å². The van der Waals surface area contributed by atoms with Crippen LogP contribution in [0.5, 0.6) is 0 Å². The molecule has 25 nitrogen and oxygen atoms in total. The number of aliphatic hydroxyl groups excluding tert-OH is 1. The molecule has 2 aliphatic rings. The number of carbonyl (C=O) groups is 12. The third-order valence-electron chi connectivity index (χ3n) is 19.5. The minimum absolute atomic E-state index is 0.0254. The van der Waals surface area contributed by atoms with E-state index in [-0.39, 0.29) is 69.2 Å². The zero-order chi connectivity index (χ0) is 73.7. The summed E-state index contributed by atoms with van der Waals surface area (Å²) in [5, 5.41) is 19.8. The molecule has 0 aliphatic carbocycles. The molecule has 2 saturated heterocycles. The Morgan fingerprint density at radius 3 is 1.40 bits per heavy atom. The molecule has 0 spiro atoms. The standard InChI is InChI=1S/C73H116N12O13/c1-20-48(8)63-66(91)75-54(69(94)85-37-28-23-29-38-85)44-61(88)77(12)36-30-35-60(87)79(14)55(39-45(2)3)64(89)74-49(9)67(92)81(16)57(41-47(6)7)70(95)83(18)58(42-52-31-24-21-25-32-52)71(96)80(15)56(40-46(4)5)65(90)76-62(51(11)86)73(98)78(13)50(10)68(93)82(17)59(72(97)84(63)19)43-53-33-26-22-27-34-53/h21-22,24-27,31-34,45-51,54-59,62-63,86H,20,23,28-30,35-44H2,1-19H3,(H,74,89)(H,75,91)(H,76,90)/t48-,49-,50-,51+,54-,55-,56-,57-,58-,59-,62-,63-/m0/s1. The Kier molecular flexibility index (Phi) is 32.3. The molecule has 546 valence electrons. The van der Waals surface area contributed by atoms with Crippen molar-refractivity contribution in [2.75, 3.05) is 76.0 Å². The third kappa shape index (κ3) is 22.5. The topological polar surface area (TPSA) is 290 Å². The van der Waals surface area contributed by atoms with Crippen LogP contribution in [0.1, 0.15) is 151 Å². The fourth-order valence-electron chi connectivity index (χ4n) is 12.8. The first-order valence-corrected chi connectivity index (χ1v) is 35.0. The Morgan fingerprint density at radius 2 is 0.908 bits per heavy atom. The number of nitrogens with zero attached hydrogens (tertiary/aromatic N) is 9. The lowest BCUT2D eigenvalue weighted by Crippen LogP contribution is -2.63. The monoisotopic (exact) mass is 1370 g/mol. The smallest absolute Gasteiger partial charge is 0.248 e. The molecule has 4 N–H and O–H groups in total. The van der Waals surface area contributed by atoms with E-state index in [2.05, 4.69) is 16.0 Å². The maximum atomic E-state index is 15.4. The number of rotatable bonds is 14. The lowest BCUT2D eigenvalue weighted by molar-refractivity contribution is -0.154. The highest BCUT2D eigenvalue weighted by molar-refractivity contribution is 6.00. The van der Waals surface area contributed by atoms with E-state index in [0.717, 1.165) is 11.3 Å². The molecule has 0 saturated carbocycles. The van der Waals surface area contributed by atoms with Gasteiger partial charge in [-0.25, -0.2) is 0 Å². The summed E-state index contributed by atoms with van der Waals surface area (Å²) >= 11 is 0. The molecule has 0 aromatic heterocycles. The van der Waals surface area contributed by atoms with Gasteiger partial charge in [-0.2, -0.15) is 0 Å². The Hall–Kier alpha value is -7.96. The van der Waals surface area contributed by atoms with Crippen molar-refractivity contribution >= 4 is 70.9 Å². The quantitative estimate of drug-likeness (QED) is 0.209. The van der Waals surface area contributed by atoms with Gasteiger partial charge in [-0.05, 0) is 101 Å². The molecule has 2 aliphatic heterocycles. The number of amides is 12. The van der Waals surface area contributed by atoms with Crippen molar-refractivity contribution in [3.63, 3.8) is 0 Å². The largest absolute Gasteiger partial charge is 0.391 e. The van der Waals surface area contributed by atoms with Gasteiger partial charge in [0.1, 0.15) is 60.4 Å². The highest BCUT2D eigenvalue weighted by atomic mass is 16.3. The fourth-order valence-corrected chi connectivity index (χ4v) is 12.8. The van der Waals surface area contributed by atoms with Crippen molar-refractivity contribution in [3.8, 4) is 0 Å². The first-order chi connectivity index (χ1) is 46.0. The first-order valence-electron chi connectivity index (χ1n) is 35.0. The molecular formula is C73H116N12O13. The van der Waals surface area contributed by atoms with Gasteiger partial charge in [-0.1, -0.05) is 122 Å². The van der Waals surface area contributed by atoms with Crippen LogP contribution in [0.25, 0.3) is 0 Å². The zero-order valence-corrected chi connectivity index (χ0v) is 61.9. The molecule has 25 heteroatoms. The third-order valence-corrected chi connectivity index (χ3v) is 19.5. The molecule has 12 atom stereocenters. The van der Waals surface area contributed by atoms with Crippen molar-refractivity contribution in [2.24, 2.45) is 23.7 Å². The van der Waals surface area contributed by atoms with Gasteiger partial charge in [0.05, 0.1) is 12.5 Å². The summed E-state index contributed by atoms with van der Waals surface area (Å²) in [6, 6.07) is 4.94. The van der Waals surface area contributed by atoms with Gasteiger partial charge in [0, 0.05) is 95.3 Å². The van der Waals surface area contributed by atoms with E-state index in [1.807, 2.05) is 48.5 Å². The second kappa shape index (κ2) is 38.4. The van der Waals surface area contributed by atoms with E-state index in [1.165, 1.54) is 111 Å². The normalized spacial score (nSPS) is 25.9. The summed E-state index contributed by atoms with van der Waals surface area (Å²) in [7, 11) is 11.5. The molecule has 0 unspecified atom stereocenters. The minimum atomic E-state index is -1.68. The predicted molar refractivity (Wildman–Crippen MR) is 375 cm³/mol. The van der Waals surface area contributed by atoms with Crippen molar-refractivity contribution in [3.05, 3.63) is 71.8 Å². The maximum absolute atomic E-state index is 15.4. The Labute approximate surface area is 582 Å². The number of likely N-dealkylation sites (tertiary alicyclic amines) is 1. The van der Waals surface area contributed by atoms with Crippen molar-refractivity contribution in [1.82, 2.24) is 60.0 Å². The average Bonchev–Trinajstić information content (AvgIpc) is 0.811.